The number of anilines is 1. The molecule has 0 aromatic heterocycles. The number of hydrogen-bond acceptors (Lipinski definition) is 2. The summed E-state index contributed by atoms with van der Waals surface area (Å²) in [6, 6.07) is 5.26. The van der Waals surface area contributed by atoms with Crippen LogP contribution in [0.4, 0.5) is 10.1 Å². The highest BCUT2D eigenvalue weighted by atomic mass is 19.1. The first kappa shape index (κ1) is 14.0. The van der Waals surface area contributed by atoms with Crippen LogP contribution in [0.3, 0.4) is 0 Å². The van der Waals surface area contributed by atoms with Gasteiger partial charge in [-0.25, -0.2) is 4.39 Å². The maximum absolute atomic E-state index is 13.8. The van der Waals surface area contributed by atoms with Gasteiger partial charge in [-0.2, -0.15) is 0 Å². The molecule has 0 heterocycles. The highest BCUT2D eigenvalue weighted by molar-refractivity contribution is 5.54. The average Bonchev–Trinajstić information content (AvgIpc) is 2.24. The Morgan fingerprint density at radius 1 is 1.29 bits per heavy atom. The zero-order valence-electron chi connectivity index (χ0n) is 11.5. The quantitative estimate of drug-likeness (QED) is 0.866. The number of hydrogen-bond donors (Lipinski definition) is 1. The van der Waals surface area contributed by atoms with Gasteiger partial charge in [0.2, 0.25) is 0 Å². The van der Waals surface area contributed by atoms with Crippen molar-refractivity contribution in [1.82, 2.24) is 5.32 Å². The monoisotopic (exact) mass is 238 g/mol. The summed E-state index contributed by atoms with van der Waals surface area (Å²) in [5.41, 5.74) is 1.74. The fraction of sp³-hybridized carbons (Fsp3) is 0.571. The molecule has 0 fully saturated rings. The molecule has 1 aromatic rings. The van der Waals surface area contributed by atoms with Crippen molar-refractivity contribution in [2.45, 2.75) is 39.8 Å². The smallest absolute Gasteiger partial charge is 0.146 e. The van der Waals surface area contributed by atoms with Crippen molar-refractivity contribution < 1.29 is 4.39 Å². The van der Waals surface area contributed by atoms with E-state index in [0.29, 0.717) is 12.2 Å². The van der Waals surface area contributed by atoms with Gasteiger partial charge >= 0.3 is 0 Å². The molecular weight excluding hydrogens is 215 g/mol. The molecule has 2 nitrogen and oxygen atoms in total. The molecule has 17 heavy (non-hydrogen) atoms. The predicted octanol–water partition coefficient (Wildman–Crippen LogP) is 3.17. The molecule has 0 aliphatic heterocycles. The number of nitrogens with zero attached hydrogens (tertiary/aromatic N) is 1. The fourth-order valence-corrected chi connectivity index (χ4v) is 1.65. The second-order valence-electron chi connectivity index (χ2n) is 5.37. The summed E-state index contributed by atoms with van der Waals surface area (Å²) in [4.78, 5) is 1.94. The molecule has 0 aliphatic rings. The highest BCUT2D eigenvalue weighted by Gasteiger charge is 2.14. The lowest BCUT2D eigenvalue weighted by atomic mass is 10.1. The zero-order chi connectivity index (χ0) is 13.1. The van der Waals surface area contributed by atoms with Gasteiger partial charge in [0.15, 0.2) is 0 Å². The molecule has 3 heteroatoms. The standard InChI is InChI=1S/C14H23FN2/c1-6-17(5)13-11(8-7-9-12(13)15)10-16-14(2,3)4/h7-9,16H,6,10H2,1-5H3. The number of nitrogens with one attached hydrogen (secondary N) is 1. The Bertz CT molecular complexity index is 369. The highest BCUT2D eigenvalue weighted by Crippen LogP contribution is 2.23. The van der Waals surface area contributed by atoms with Crippen LogP contribution >= 0.6 is 0 Å². The van der Waals surface area contributed by atoms with Crippen molar-refractivity contribution in [3.63, 3.8) is 0 Å². The van der Waals surface area contributed by atoms with Gasteiger partial charge < -0.3 is 10.2 Å². The third-order valence-electron chi connectivity index (χ3n) is 2.74. The van der Waals surface area contributed by atoms with Crippen molar-refractivity contribution in [3.8, 4) is 0 Å². The van der Waals surface area contributed by atoms with Crippen molar-refractivity contribution >= 4 is 5.69 Å². The molecule has 0 spiro atoms. The number of para-hydroxylation sites is 1. The Morgan fingerprint density at radius 3 is 2.47 bits per heavy atom. The zero-order valence-corrected chi connectivity index (χ0v) is 11.5. The SMILES string of the molecule is CCN(C)c1c(F)cccc1CNC(C)(C)C. The molecule has 0 radical (unpaired) electrons. The van der Waals surface area contributed by atoms with E-state index in [4.69, 9.17) is 0 Å². The van der Waals surface area contributed by atoms with Crippen molar-refractivity contribution in [3.05, 3.63) is 29.6 Å². The number of benzene rings is 1. The first-order valence-corrected chi connectivity index (χ1v) is 6.08. The summed E-state index contributed by atoms with van der Waals surface area (Å²) < 4.78 is 13.8. The van der Waals surface area contributed by atoms with Gasteiger partial charge in [0.25, 0.3) is 0 Å². The van der Waals surface area contributed by atoms with Gasteiger partial charge in [-0.15, -0.1) is 0 Å². The van der Waals surface area contributed by atoms with Gasteiger partial charge in [-0.3, -0.25) is 0 Å². The van der Waals surface area contributed by atoms with Crippen LogP contribution in [-0.4, -0.2) is 19.1 Å². The normalized spacial score (nSPS) is 11.6. The molecule has 1 aromatic carbocycles. The lowest BCUT2D eigenvalue weighted by Gasteiger charge is -2.25. The minimum Gasteiger partial charge on any atom is -0.372 e. The largest absolute Gasteiger partial charge is 0.372 e. The van der Waals surface area contributed by atoms with E-state index in [1.807, 2.05) is 24.9 Å². The van der Waals surface area contributed by atoms with Crippen LogP contribution in [-0.2, 0) is 6.54 Å². The molecule has 0 bridgehead atoms. The fourth-order valence-electron chi connectivity index (χ4n) is 1.65. The van der Waals surface area contributed by atoms with Gasteiger partial charge in [-0.05, 0) is 39.3 Å². The van der Waals surface area contributed by atoms with Crippen molar-refractivity contribution in [1.29, 1.82) is 0 Å². The summed E-state index contributed by atoms with van der Waals surface area (Å²) >= 11 is 0. The summed E-state index contributed by atoms with van der Waals surface area (Å²) in [5, 5.41) is 3.39. The van der Waals surface area contributed by atoms with E-state index in [1.54, 1.807) is 6.07 Å². The van der Waals surface area contributed by atoms with E-state index in [2.05, 4.69) is 26.1 Å². The molecule has 0 aliphatic carbocycles. The van der Waals surface area contributed by atoms with E-state index in [0.717, 1.165) is 12.1 Å². The maximum Gasteiger partial charge on any atom is 0.146 e. The van der Waals surface area contributed by atoms with Gasteiger partial charge in [0.1, 0.15) is 5.82 Å². The lowest BCUT2D eigenvalue weighted by molar-refractivity contribution is 0.423. The molecule has 0 saturated heterocycles. The minimum atomic E-state index is -0.150. The van der Waals surface area contributed by atoms with E-state index < -0.39 is 0 Å². The summed E-state index contributed by atoms with van der Waals surface area (Å²) in [7, 11) is 1.92. The van der Waals surface area contributed by atoms with Gasteiger partial charge in [0, 0.05) is 25.7 Å². The van der Waals surface area contributed by atoms with E-state index in [9.17, 15) is 4.39 Å². The summed E-state index contributed by atoms with van der Waals surface area (Å²) in [6.45, 7) is 9.82. The third-order valence-corrected chi connectivity index (χ3v) is 2.74. The first-order chi connectivity index (χ1) is 7.85. The summed E-state index contributed by atoms with van der Waals surface area (Å²) in [6.07, 6.45) is 0. The molecule has 1 N–H and O–H groups in total. The van der Waals surface area contributed by atoms with Crippen LogP contribution in [0.5, 0.6) is 0 Å². The topological polar surface area (TPSA) is 15.3 Å². The first-order valence-electron chi connectivity index (χ1n) is 6.08. The molecule has 1 rings (SSSR count). The van der Waals surface area contributed by atoms with Crippen LogP contribution in [0.2, 0.25) is 0 Å². The van der Waals surface area contributed by atoms with Crippen molar-refractivity contribution in [2.24, 2.45) is 0 Å². The van der Waals surface area contributed by atoms with Crippen LogP contribution in [0.25, 0.3) is 0 Å². The van der Waals surface area contributed by atoms with Gasteiger partial charge in [0.05, 0.1) is 5.69 Å². The minimum absolute atomic E-state index is 0.0361. The van der Waals surface area contributed by atoms with E-state index in [1.165, 1.54) is 6.07 Å². The summed E-state index contributed by atoms with van der Waals surface area (Å²) in [5.74, 6) is -0.150. The predicted molar refractivity (Wildman–Crippen MR) is 71.9 cm³/mol. The number of halogens is 1. The Hall–Kier alpha value is -1.09. The van der Waals surface area contributed by atoms with Crippen LogP contribution in [0.1, 0.15) is 33.3 Å². The van der Waals surface area contributed by atoms with Crippen LogP contribution in [0, 0.1) is 5.82 Å². The van der Waals surface area contributed by atoms with Gasteiger partial charge in [-0.1, -0.05) is 12.1 Å². The molecule has 0 atom stereocenters. The lowest BCUT2D eigenvalue weighted by Crippen LogP contribution is -2.35. The Kier molecular flexibility index (Phi) is 4.52. The molecule has 0 saturated carbocycles. The second kappa shape index (κ2) is 5.50. The van der Waals surface area contributed by atoms with E-state index >= 15 is 0 Å². The second-order valence-corrected chi connectivity index (χ2v) is 5.37. The van der Waals surface area contributed by atoms with Crippen LogP contribution < -0.4 is 10.2 Å². The Labute approximate surface area is 104 Å². The Morgan fingerprint density at radius 2 is 1.94 bits per heavy atom. The molecular formula is C14H23FN2. The average molecular weight is 238 g/mol. The molecule has 0 unspecified atom stereocenters. The van der Waals surface area contributed by atoms with Crippen LogP contribution in [0.15, 0.2) is 18.2 Å². The number of rotatable bonds is 4. The molecule has 0 amide bonds. The van der Waals surface area contributed by atoms with Crippen molar-refractivity contribution in [2.75, 3.05) is 18.5 Å². The van der Waals surface area contributed by atoms with E-state index in [-0.39, 0.29) is 11.4 Å². The third kappa shape index (κ3) is 4.00. The maximum atomic E-state index is 13.8. The molecule has 96 valence electrons. The Balaban J connectivity index is 2.95.